The fourth-order valence-electron chi connectivity index (χ4n) is 3.63. The Morgan fingerprint density at radius 3 is 2.88 bits per heavy atom. The van der Waals surface area contributed by atoms with Gasteiger partial charge in [-0.25, -0.2) is 4.68 Å². The van der Waals surface area contributed by atoms with Gasteiger partial charge in [0.1, 0.15) is 0 Å². The van der Waals surface area contributed by atoms with Crippen LogP contribution in [-0.4, -0.2) is 33.8 Å². The lowest BCUT2D eigenvalue weighted by atomic mass is 10.1. The Labute approximate surface area is 159 Å². The highest BCUT2D eigenvalue weighted by atomic mass is 32.1. The van der Waals surface area contributed by atoms with Crippen LogP contribution < -0.4 is 5.32 Å². The summed E-state index contributed by atoms with van der Waals surface area (Å²) < 4.78 is 1.98. The highest BCUT2D eigenvalue weighted by Crippen LogP contribution is 2.18. The molecule has 26 heavy (non-hydrogen) atoms. The van der Waals surface area contributed by atoms with Crippen molar-refractivity contribution in [3.63, 3.8) is 0 Å². The zero-order valence-corrected chi connectivity index (χ0v) is 16.1. The second-order valence-corrected chi connectivity index (χ2v) is 8.09. The van der Waals surface area contributed by atoms with Gasteiger partial charge in [0.15, 0.2) is 0 Å². The fraction of sp³-hybridized carbons (Fsp3) is 0.381. The average Bonchev–Trinajstić information content (AvgIpc) is 3.31. The molecule has 0 radical (unpaired) electrons. The third-order valence-electron chi connectivity index (χ3n) is 5.07. The summed E-state index contributed by atoms with van der Waals surface area (Å²) in [6, 6.07) is 15.3. The van der Waals surface area contributed by atoms with E-state index in [1.165, 1.54) is 29.8 Å². The molecule has 3 aromatic rings. The summed E-state index contributed by atoms with van der Waals surface area (Å²) in [7, 11) is 0. The Balaban J connectivity index is 1.34. The van der Waals surface area contributed by atoms with E-state index in [9.17, 15) is 0 Å². The van der Waals surface area contributed by atoms with E-state index in [0.717, 1.165) is 31.0 Å². The Kier molecular flexibility index (Phi) is 5.48. The van der Waals surface area contributed by atoms with Gasteiger partial charge in [-0.15, -0.1) is 11.3 Å². The second-order valence-electron chi connectivity index (χ2n) is 7.05. The van der Waals surface area contributed by atoms with Crippen LogP contribution in [-0.2, 0) is 13.1 Å². The molecule has 3 heterocycles. The van der Waals surface area contributed by atoms with Gasteiger partial charge in [0.25, 0.3) is 0 Å². The predicted octanol–water partition coefficient (Wildman–Crippen LogP) is 4.00. The molecule has 1 fully saturated rings. The number of benzene rings is 1. The first kappa shape index (κ1) is 17.5. The first-order chi connectivity index (χ1) is 12.8. The molecule has 0 spiro atoms. The van der Waals surface area contributed by atoms with Gasteiger partial charge in [-0.2, -0.15) is 5.10 Å². The van der Waals surface area contributed by atoms with E-state index in [0.29, 0.717) is 6.04 Å². The van der Waals surface area contributed by atoms with Crippen LogP contribution in [0.3, 0.4) is 0 Å². The number of nitrogens with one attached hydrogen (secondary N) is 1. The van der Waals surface area contributed by atoms with Crippen molar-refractivity contribution in [2.75, 3.05) is 13.1 Å². The molecule has 136 valence electrons. The van der Waals surface area contributed by atoms with Crippen LogP contribution in [0.25, 0.3) is 5.69 Å². The van der Waals surface area contributed by atoms with Gasteiger partial charge in [0, 0.05) is 42.3 Å². The number of para-hydroxylation sites is 1. The van der Waals surface area contributed by atoms with Gasteiger partial charge in [0.2, 0.25) is 0 Å². The van der Waals surface area contributed by atoms with E-state index < -0.39 is 0 Å². The third-order valence-corrected chi connectivity index (χ3v) is 5.93. The van der Waals surface area contributed by atoms with Crippen LogP contribution in [0.5, 0.6) is 0 Å². The number of likely N-dealkylation sites (tertiary alicyclic amines) is 1. The molecule has 5 heteroatoms. The van der Waals surface area contributed by atoms with Gasteiger partial charge in [-0.1, -0.05) is 24.3 Å². The number of rotatable bonds is 6. The van der Waals surface area contributed by atoms with Gasteiger partial charge in [-0.3, -0.25) is 4.90 Å². The minimum atomic E-state index is 0.559. The molecule has 0 bridgehead atoms. The first-order valence-electron chi connectivity index (χ1n) is 9.36. The molecule has 4 rings (SSSR count). The van der Waals surface area contributed by atoms with E-state index in [4.69, 9.17) is 0 Å². The van der Waals surface area contributed by atoms with E-state index in [1.54, 1.807) is 0 Å². The minimum Gasteiger partial charge on any atom is -0.309 e. The number of aromatic nitrogens is 2. The maximum atomic E-state index is 4.68. The quantitative estimate of drug-likeness (QED) is 0.716. The summed E-state index contributed by atoms with van der Waals surface area (Å²) in [5, 5.41) is 10.6. The molecule has 1 aliphatic heterocycles. The summed E-state index contributed by atoms with van der Waals surface area (Å²) in [6.45, 7) is 6.40. The Bertz CT molecular complexity index is 810. The molecule has 0 saturated carbocycles. The molecule has 1 N–H and O–H groups in total. The lowest BCUT2D eigenvalue weighted by Crippen LogP contribution is -2.44. The molecule has 2 aromatic heterocycles. The molecule has 1 aromatic carbocycles. The van der Waals surface area contributed by atoms with Gasteiger partial charge < -0.3 is 5.32 Å². The van der Waals surface area contributed by atoms with E-state index >= 15 is 0 Å². The Morgan fingerprint density at radius 1 is 1.19 bits per heavy atom. The smallest absolute Gasteiger partial charge is 0.0645 e. The second kappa shape index (κ2) is 8.16. The van der Waals surface area contributed by atoms with Crippen LogP contribution in [0.15, 0.2) is 54.0 Å². The lowest BCUT2D eigenvalue weighted by Gasteiger charge is -2.33. The fourth-order valence-corrected chi connectivity index (χ4v) is 4.37. The molecular formula is C21H26N4S. The van der Waals surface area contributed by atoms with Crippen LogP contribution in [0.4, 0.5) is 0 Å². The largest absolute Gasteiger partial charge is 0.309 e. The number of piperidine rings is 1. The topological polar surface area (TPSA) is 33.1 Å². The monoisotopic (exact) mass is 366 g/mol. The van der Waals surface area contributed by atoms with Crippen molar-refractivity contribution in [1.82, 2.24) is 20.0 Å². The minimum absolute atomic E-state index is 0.559. The highest BCUT2D eigenvalue weighted by Gasteiger charge is 2.20. The van der Waals surface area contributed by atoms with Crippen LogP contribution in [0.2, 0.25) is 0 Å². The van der Waals surface area contributed by atoms with E-state index in [1.807, 2.05) is 22.1 Å². The zero-order chi connectivity index (χ0) is 17.8. The van der Waals surface area contributed by atoms with E-state index in [-0.39, 0.29) is 0 Å². The van der Waals surface area contributed by atoms with Crippen LogP contribution in [0.1, 0.15) is 29.0 Å². The van der Waals surface area contributed by atoms with Crippen molar-refractivity contribution in [3.8, 4) is 5.69 Å². The zero-order valence-electron chi connectivity index (χ0n) is 15.3. The molecule has 0 amide bonds. The number of aryl methyl sites for hydroxylation is 1. The number of nitrogens with zero attached hydrogens (tertiary/aromatic N) is 3. The van der Waals surface area contributed by atoms with Crippen molar-refractivity contribution in [1.29, 1.82) is 0 Å². The summed E-state index contributed by atoms with van der Waals surface area (Å²) in [5.41, 5.74) is 3.50. The van der Waals surface area contributed by atoms with Crippen LogP contribution in [0, 0.1) is 6.92 Å². The van der Waals surface area contributed by atoms with Crippen molar-refractivity contribution < 1.29 is 0 Å². The third kappa shape index (κ3) is 4.23. The maximum Gasteiger partial charge on any atom is 0.0645 e. The maximum absolute atomic E-state index is 4.68. The summed E-state index contributed by atoms with van der Waals surface area (Å²) in [5.74, 6) is 0. The van der Waals surface area contributed by atoms with Crippen molar-refractivity contribution in [2.45, 2.75) is 38.9 Å². The summed E-state index contributed by atoms with van der Waals surface area (Å²) in [6.07, 6.45) is 4.68. The molecule has 1 aliphatic rings. The molecule has 4 nitrogen and oxygen atoms in total. The number of thiophene rings is 1. The standard InChI is InChI=1S/C21H26N4S/c1-17-18(14-25(23-17)20-8-3-2-4-9-20)13-22-19-7-5-11-24(15-19)16-21-10-6-12-26-21/h2-4,6,8-10,12,14,19,22H,5,7,11,13,15-16H2,1H3. The van der Waals surface area contributed by atoms with Gasteiger partial charge >= 0.3 is 0 Å². The highest BCUT2D eigenvalue weighted by molar-refractivity contribution is 7.09. The van der Waals surface area contributed by atoms with Gasteiger partial charge in [0.05, 0.1) is 11.4 Å². The lowest BCUT2D eigenvalue weighted by molar-refractivity contribution is 0.184. The molecule has 1 saturated heterocycles. The molecule has 1 unspecified atom stereocenters. The first-order valence-corrected chi connectivity index (χ1v) is 10.2. The Morgan fingerprint density at radius 2 is 2.08 bits per heavy atom. The van der Waals surface area contributed by atoms with Crippen molar-refractivity contribution >= 4 is 11.3 Å². The average molecular weight is 367 g/mol. The SMILES string of the molecule is Cc1nn(-c2ccccc2)cc1CNC1CCCN(Cc2cccs2)C1. The number of hydrogen-bond donors (Lipinski definition) is 1. The van der Waals surface area contributed by atoms with Crippen molar-refractivity contribution in [2.24, 2.45) is 0 Å². The van der Waals surface area contributed by atoms with Gasteiger partial charge in [-0.05, 0) is 49.9 Å². The molecule has 1 atom stereocenters. The summed E-state index contributed by atoms with van der Waals surface area (Å²) >= 11 is 1.86. The Hall–Kier alpha value is -1.95. The normalized spacial score (nSPS) is 18.3. The van der Waals surface area contributed by atoms with Crippen molar-refractivity contribution in [3.05, 3.63) is 70.2 Å². The van der Waals surface area contributed by atoms with Crippen LogP contribution >= 0.6 is 11.3 Å². The predicted molar refractivity (Wildman–Crippen MR) is 108 cm³/mol. The molecular weight excluding hydrogens is 340 g/mol. The summed E-state index contributed by atoms with van der Waals surface area (Å²) in [4.78, 5) is 4.04. The van der Waals surface area contributed by atoms with E-state index in [2.05, 4.69) is 70.2 Å². The number of hydrogen-bond acceptors (Lipinski definition) is 4. The molecule has 0 aliphatic carbocycles.